The van der Waals surface area contributed by atoms with Crippen LogP contribution in [-0.2, 0) is 4.74 Å². The smallest absolute Gasteiger partial charge is 0.0718 e. The number of ether oxygens (including phenoxy) is 1. The minimum atomic E-state index is -0.251. The van der Waals surface area contributed by atoms with Crippen LogP contribution in [0.5, 0.6) is 0 Å². The van der Waals surface area contributed by atoms with Crippen LogP contribution in [0.15, 0.2) is 36.4 Å². The molecule has 1 aromatic rings. The van der Waals surface area contributed by atoms with Gasteiger partial charge in [-0.15, -0.1) is 0 Å². The van der Waals surface area contributed by atoms with Crippen LogP contribution in [0, 0.1) is 17.3 Å². The van der Waals surface area contributed by atoms with E-state index in [9.17, 15) is 5.11 Å². The Bertz CT molecular complexity index is 506. The first-order valence-corrected chi connectivity index (χ1v) is 8.32. The molecule has 2 rings (SSSR count). The zero-order chi connectivity index (χ0) is 16.4. The Balaban J connectivity index is 2.21. The van der Waals surface area contributed by atoms with Gasteiger partial charge in [0.25, 0.3) is 0 Å². The molecule has 122 valence electrons. The van der Waals surface area contributed by atoms with Gasteiger partial charge in [-0.2, -0.15) is 0 Å². The van der Waals surface area contributed by atoms with Crippen LogP contribution in [0.25, 0.3) is 6.08 Å². The van der Waals surface area contributed by atoms with Gasteiger partial charge in [0, 0.05) is 17.9 Å². The van der Waals surface area contributed by atoms with Crippen LogP contribution < -0.4 is 0 Å². The number of aliphatic hydroxyl groups excluding tert-OH is 1. The topological polar surface area (TPSA) is 29.5 Å². The minimum absolute atomic E-state index is 0.0199. The van der Waals surface area contributed by atoms with E-state index in [0.29, 0.717) is 5.92 Å². The maximum Gasteiger partial charge on any atom is 0.0718 e. The van der Waals surface area contributed by atoms with Crippen molar-refractivity contribution in [3.63, 3.8) is 0 Å². The van der Waals surface area contributed by atoms with Crippen molar-refractivity contribution < 1.29 is 9.84 Å². The standard InChI is InChI=1S/C20H30O2/c1-15-13-20(5,12-11-17-9-7-6-8-10-17)19(3,4)22-18(15)16(2)14-21/h6-12,15-16,18,21H,13-14H2,1-5H3/b12-11+/t15-,16-,18-,20+/m0/s1. The predicted molar refractivity (Wildman–Crippen MR) is 92.6 cm³/mol. The first kappa shape index (κ1) is 17.2. The van der Waals surface area contributed by atoms with Gasteiger partial charge in [-0.05, 0) is 31.7 Å². The molecule has 1 heterocycles. The maximum absolute atomic E-state index is 9.46. The number of rotatable bonds is 4. The molecular formula is C20H30O2. The lowest BCUT2D eigenvalue weighted by molar-refractivity contribution is -0.204. The lowest BCUT2D eigenvalue weighted by Crippen LogP contribution is -2.54. The summed E-state index contributed by atoms with van der Waals surface area (Å²) in [4.78, 5) is 0. The van der Waals surface area contributed by atoms with Crippen LogP contribution in [0.3, 0.4) is 0 Å². The fraction of sp³-hybridized carbons (Fsp3) is 0.600. The molecule has 1 N–H and O–H groups in total. The SMILES string of the molecule is C[C@@H](CO)[C@H]1OC(C)(C)[C@](C)(/C=C/c2ccccc2)C[C@@H]1C. The Morgan fingerprint density at radius 3 is 2.50 bits per heavy atom. The Morgan fingerprint density at radius 2 is 1.91 bits per heavy atom. The first-order chi connectivity index (χ1) is 10.3. The molecule has 1 aliphatic heterocycles. The molecular weight excluding hydrogens is 272 g/mol. The van der Waals surface area contributed by atoms with Gasteiger partial charge in [-0.3, -0.25) is 0 Å². The molecule has 2 nitrogen and oxygen atoms in total. The largest absolute Gasteiger partial charge is 0.396 e. The van der Waals surface area contributed by atoms with E-state index in [4.69, 9.17) is 4.74 Å². The highest BCUT2D eigenvalue weighted by Gasteiger charge is 2.49. The third-order valence-electron chi connectivity index (χ3n) is 5.40. The molecule has 2 heteroatoms. The Hall–Kier alpha value is -1.12. The molecule has 0 aliphatic carbocycles. The van der Waals surface area contributed by atoms with Crippen LogP contribution in [0.2, 0.25) is 0 Å². The second-order valence-electron chi connectivity index (χ2n) is 7.60. The maximum atomic E-state index is 9.46. The summed E-state index contributed by atoms with van der Waals surface area (Å²) in [6.45, 7) is 11.1. The Morgan fingerprint density at radius 1 is 1.27 bits per heavy atom. The molecule has 1 saturated heterocycles. The number of hydrogen-bond donors (Lipinski definition) is 1. The summed E-state index contributed by atoms with van der Waals surface area (Å²) in [5.41, 5.74) is 0.949. The second-order valence-corrected chi connectivity index (χ2v) is 7.60. The molecule has 1 fully saturated rings. The number of aliphatic hydroxyl groups is 1. The summed E-state index contributed by atoms with van der Waals surface area (Å²) < 4.78 is 6.43. The molecule has 1 aromatic carbocycles. The number of hydrogen-bond acceptors (Lipinski definition) is 2. The van der Waals surface area contributed by atoms with Gasteiger partial charge in [-0.25, -0.2) is 0 Å². The van der Waals surface area contributed by atoms with Crippen LogP contribution in [0.1, 0.15) is 46.6 Å². The van der Waals surface area contributed by atoms with Gasteiger partial charge in [0.15, 0.2) is 0 Å². The average Bonchev–Trinajstić information content (AvgIpc) is 2.49. The molecule has 1 aliphatic rings. The van der Waals surface area contributed by atoms with Gasteiger partial charge >= 0.3 is 0 Å². The summed E-state index contributed by atoms with van der Waals surface area (Å²) >= 11 is 0. The van der Waals surface area contributed by atoms with Gasteiger partial charge < -0.3 is 9.84 Å². The van der Waals surface area contributed by atoms with E-state index in [1.807, 2.05) is 6.07 Å². The summed E-state index contributed by atoms with van der Waals surface area (Å²) in [6.07, 6.45) is 5.70. The predicted octanol–water partition coefficient (Wildman–Crippen LogP) is 4.54. The lowest BCUT2D eigenvalue weighted by atomic mass is 9.65. The molecule has 0 unspecified atom stereocenters. The minimum Gasteiger partial charge on any atom is -0.396 e. The summed E-state index contributed by atoms with van der Waals surface area (Å²) in [6, 6.07) is 10.4. The van der Waals surface area contributed by atoms with Crippen molar-refractivity contribution >= 4 is 6.08 Å². The van der Waals surface area contributed by atoms with Gasteiger partial charge in [-0.1, -0.05) is 63.3 Å². The summed E-state index contributed by atoms with van der Waals surface area (Å²) in [5, 5.41) is 9.46. The molecule has 0 aromatic heterocycles. The van der Waals surface area contributed by atoms with Gasteiger partial charge in [0.05, 0.1) is 11.7 Å². The molecule has 0 saturated carbocycles. The quantitative estimate of drug-likeness (QED) is 0.885. The monoisotopic (exact) mass is 302 g/mol. The van der Waals surface area contributed by atoms with Crippen molar-refractivity contribution in [3.8, 4) is 0 Å². The van der Waals surface area contributed by atoms with E-state index < -0.39 is 0 Å². The fourth-order valence-corrected chi connectivity index (χ4v) is 3.52. The fourth-order valence-electron chi connectivity index (χ4n) is 3.52. The van der Waals surface area contributed by atoms with Crippen LogP contribution in [-0.4, -0.2) is 23.4 Å². The third kappa shape index (κ3) is 3.44. The van der Waals surface area contributed by atoms with Crippen molar-refractivity contribution in [3.05, 3.63) is 42.0 Å². The first-order valence-electron chi connectivity index (χ1n) is 8.32. The van der Waals surface area contributed by atoms with E-state index in [1.165, 1.54) is 5.56 Å². The Labute approximate surface area is 135 Å². The second kappa shape index (κ2) is 6.55. The van der Waals surface area contributed by atoms with E-state index in [0.717, 1.165) is 6.42 Å². The van der Waals surface area contributed by atoms with Crippen molar-refractivity contribution in [2.24, 2.45) is 17.3 Å². The molecule has 0 spiro atoms. The van der Waals surface area contributed by atoms with E-state index in [-0.39, 0.29) is 29.6 Å². The van der Waals surface area contributed by atoms with Crippen molar-refractivity contribution in [2.45, 2.75) is 52.7 Å². The lowest BCUT2D eigenvalue weighted by Gasteiger charge is -2.53. The van der Waals surface area contributed by atoms with Crippen LogP contribution in [0.4, 0.5) is 0 Å². The molecule has 0 bridgehead atoms. The van der Waals surface area contributed by atoms with Gasteiger partial charge in [0.2, 0.25) is 0 Å². The molecule has 22 heavy (non-hydrogen) atoms. The summed E-state index contributed by atoms with van der Waals surface area (Å²) in [5.74, 6) is 0.609. The third-order valence-corrected chi connectivity index (χ3v) is 5.40. The van der Waals surface area contributed by atoms with Crippen molar-refractivity contribution in [1.29, 1.82) is 0 Å². The van der Waals surface area contributed by atoms with E-state index >= 15 is 0 Å². The van der Waals surface area contributed by atoms with E-state index in [2.05, 4.69) is 71.0 Å². The van der Waals surface area contributed by atoms with Crippen molar-refractivity contribution in [1.82, 2.24) is 0 Å². The highest BCUT2D eigenvalue weighted by Crippen LogP contribution is 2.49. The zero-order valence-electron chi connectivity index (χ0n) is 14.5. The van der Waals surface area contributed by atoms with Crippen LogP contribution >= 0.6 is 0 Å². The molecule has 0 radical (unpaired) electrons. The average molecular weight is 302 g/mol. The van der Waals surface area contributed by atoms with Gasteiger partial charge in [0.1, 0.15) is 0 Å². The molecule has 0 amide bonds. The zero-order valence-corrected chi connectivity index (χ0v) is 14.5. The normalized spacial score (nSPS) is 33.0. The highest BCUT2D eigenvalue weighted by molar-refractivity contribution is 5.50. The number of benzene rings is 1. The van der Waals surface area contributed by atoms with E-state index in [1.54, 1.807) is 0 Å². The molecule has 4 atom stereocenters. The van der Waals surface area contributed by atoms with Crippen molar-refractivity contribution in [2.75, 3.05) is 6.61 Å². The summed E-state index contributed by atoms with van der Waals surface area (Å²) in [7, 11) is 0. The Kier molecular flexibility index (Phi) is 5.14. The highest BCUT2D eigenvalue weighted by atomic mass is 16.5.